The fraction of sp³-hybridized carbons (Fsp3) is 0.974. The summed E-state index contributed by atoms with van der Waals surface area (Å²) < 4.78 is 33.2. The maximum absolute atomic E-state index is 12.5. The van der Waals surface area contributed by atoms with Crippen LogP contribution in [-0.2, 0) is 27.9 Å². The van der Waals surface area contributed by atoms with Crippen molar-refractivity contribution in [1.29, 1.82) is 0 Å². The highest BCUT2D eigenvalue weighted by Gasteiger charge is 2.25. The molecule has 47 heavy (non-hydrogen) atoms. The minimum Gasteiger partial charge on any atom is -0.457 e. The molecule has 0 saturated heterocycles. The number of rotatable bonds is 39. The summed E-state index contributed by atoms with van der Waals surface area (Å²) in [6.45, 7) is 4.93. The largest absolute Gasteiger partial charge is 0.472 e. The molecule has 2 atom stereocenters. The average Bonchev–Trinajstić information content (AvgIpc) is 3.06. The van der Waals surface area contributed by atoms with Crippen LogP contribution in [0.25, 0.3) is 0 Å². The number of ether oxygens (including phenoxy) is 2. The highest BCUT2D eigenvalue weighted by Crippen LogP contribution is 2.43. The van der Waals surface area contributed by atoms with Gasteiger partial charge in [-0.05, 0) is 12.8 Å². The van der Waals surface area contributed by atoms with Crippen LogP contribution < -0.4 is 5.73 Å². The van der Waals surface area contributed by atoms with Crippen LogP contribution in [0.15, 0.2) is 0 Å². The first-order valence-electron chi connectivity index (χ1n) is 20.0. The molecule has 0 aromatic carbocycles. The van der Waals surface area contributed by atoms with Gasteiger partial charge in [0.2, 0.25) is 0 Å². The molecular weight excluding hydrogens is 613 g/mol. The third-order valence-electron chi connectivity index (χ3n) is 8.77. The Morgan fingerprint density at radius 2 is 0.936 bits per heavy atom. The topological polar surface area (TPSA) is 117 Å². The van der Waals surface area contributed by atoms with E-state index in [1.54, 1.807) is 0 Å². The van der Waals surface area contributed by atoms with Gasteiger partial charge in [-0.15, -0.1) is 0 Å². The predicted molar refractivity (Wildman–Crippen MR) is 197 cm³/mol. The number of unbranched alkanes of at least 4 members (excludes halogenated alkanes) is 26. The Bertz CT molecular complexity index is 697. The second-order valence-corrected chi connectivity index (χ2v) is 15.0. The highest BCUT2D eigenvalue weighted by atomic mass is 31.2. The van der Waals surface area contributed by atoms with E-state index < -0.39 is 13.9 Å². The number of phosphoric acid groups is 1. The molecular formula is C38H78NO7P. The van der Waals surface area contributed by atoms with Gasteiger partial charge in [-0.2, -0.15) is 0 Å². The Balaban J connectivity index is 3.85. The van der Waals surface area contributed by atoms with Gasteiger partial charge in [0.25, 0.3) is 0 Å². The molecule has 8 nitrogen and oxygen atoms in total. The number of esters is 1. The maximum atomic E-state index is 12.5. The summed E-state index contributed by atoms with van der Waals surface area (Å²) in [6.07, 6.45) is 35.6. The normalized spacial score (nSPS) is 13.5. The van der Waals surface area contributed by atoms with Gasteiger partial charge in [-0.1, -0.05) is 181 Å². The molecule has 0 aliphatic rings. The first-order chi connectivity index (χ1) is 22.9. The molecule has 2 unspecified atom stereocenters. The second-order valence-electron chi connectivity index (χ2n) is 13.5. The molecule has 0 aliphatic heterocycles. The van der Waals surface area contributed by atoms with Crippen LogP contribution in [0, 0.1) is 0 Å². The summed E-state index contributed by atoms with van der Waals surface area (Å²) in [5.41, 5.74) is 5.34. The molecule has 9 heteroatoms. The summed E-state index contributed by atoms with van der Waals surface area (Å²) in [5.74, 6) is -0.327. The molecule has 3 N–H and O–H groups in total. The summed E-state index contributed by atoms with van der Waals surface area (Å²) in [5, 5.41) is 0. The lowest BCUT2D eigenvalue weighted by Crippen LogP contribution is -2.28. The quantitative estimate of drug-likeness (QED) is 0.0371. The van der Waals surface area contributed by atoms with Crippen LogP contribution in [-0.4, -0.2) is 49.9 Å². The molecule has 0 aromatic heterocycles. The van der Waals surface area contributed by atoms with Crippen molar-refractivity contribution in [3.8, 4) is 0 Å². The van der Waals surface area contributed by atoms with E-state index in [-0.39, 0.29) is 32.3 Å². The monoisotopic (exact) mass is 692 g/mol. The molecule has 0 bridgehead atoms. The molecule has 0 aromatic rings. The minimum atomic E-state index is -4.26. The molecule has 0 amide bonds. The van der Waals surface area contributed by atoms with Gasteiger partial charge >= 0.3 is 13.8 Å². The van der Waals surface area contributed by atoms with E-state index in [2.05, 4.69) is 13.8 Å². The van der Waals surface area contributed by atoms with Crippen LogP contribution in [0.3, 0.4) is 0 Å². The maximum Gasteiger partial charge on any atom is 0.472 e. The Hall–Kier alpha value is -0.500. The lowest BCUT2D eigenvalue weighted by atomic mass is 10.0. The van der Waals surface area contributed by atoms with Crippen LogP contribution in [0.2, 0.25) is 0 Å². The lowest BCUT2D eigenvalue weighted by Gasteiger charge is -2.20. The second kappa shape index (κ2) is 36.8. The Labute approximate surface area is 291 Å². The van der Waals surface area contributed by atoms with E-state index in [0.29, 0.717) is 13.0 Å². The van der Waals surface area contributed by atoms with Crippen molar-refractivity contribution in [1.82, 2.24) is 0 Å². The summed E-state index contributed by atoms with van der Waals surface area (Å²) in [6, 6.07) is 0. The Kier molecular flexibility index (Phi) is 36.4. The van der Waals surface area contributed by atoms with E-state index in [0.717, 1.165) is 32.1 Å². The van der Waals surface area contributed by atoms with Crippen LogP contribution >= 0.6 is 7.82 Å². The van der Waals surface area contributed by atoms with Crippen molar-refractivity contribution in [3.05, 3.63) is 0 Å². The van der Waals surface area contributed by atoms with Gasteiger partial charge in [0.05, 0.1) is 19.8 Å². The first-order valence-corrected chi connectivity index (χ1v) is 21.5. The summed E-state index contributed by atoms with van der Waals surface area (Å²) in [4.78, 5) is 22.3. The number of phosphoric ester groups is 1. The molecule has 0 aliphatic carbocycles. The van der Waals surface area contributed by atoms with Gasteiger partial charge in [-0.3, -0.25) is 13.8 Å². The van der Waals surface area contributed by atoms with Gasteiger partial charge in [0.15, 0.2) is 0 Å². The highest BCUT2D eigenvalue weighted by molar-refractivity contribution is 7.47. The number of carbonyl (C=O) groups is 1. The standard InChI is InChI=1S/C38H78NO7P/c1-3-5-7-9-11-12-13-14-15-16-17-18-19-20-21-22-23-24-25-27-29-31-38(40)46-37(36-45-47(41,42)44-34-32-39)35-43-33-30-28-26-10-8-6-4-2/h37H,3-36,39H2,1-2H3,(H,41,42). The number of carbonyl (C=O) groups excluding carboxylic acids is 1. The molecule has 0 heterocycles. The van der Waals surface area contributed by atoms with Gasteiger partial charge in [0, 0.05) is 19.6 Å². The first kappa shape index (κ1) is 46.5. The third kappa shape index (κ3) is 36.6. The van der Waals surface area contributed by atoms with E-state index in [9.17, 15) is 14.3 Å². The number of hydrogen-bond donors (Lipinski definition) is 2. The fourth-order valence-corrected chi connectivity index (χ4v) is 6.59. The van der Waals surface area contributed by atoms with E-state index >= 15 is 0 Å². The molecule has 0 spiro atoms. The molecule has 0 saturated carbocycles. The summed E-state index contributed by atoms with van der Waals surface area (Å²) in [7, 11) is -4.26. The van der Waals surface area contributed by atoms with Crippen LogP contribution in [0.4, 0.5) is 0 Å². The lowest BCUT2D eigenvalue weighted by molar-refractivity contribution is -0.154. The number of hydrogen-bond acceptors (Lipinski definition) is 7. The molecule has 0 fully saturated rings. The Morgan fingerprint density at radius 1 is 0.553 bits per heavy atom. The minimum absolute atomic E-state index is 0.0908. The molecule has 0 radical (unpaired) electrons. The van der Waals surface area contributed by atoms with Crippen molar-refractivity contribution >= 4 is 13.8 Å². The zero-order chi connectivity index (χ0) is 34.5. The van der Waals surface area contributed by atoms with Crippen molar-refractivity contribution in [2.24, 2.45) is 5.73 Å². The van der Waals surface area contributed by atoms with Crippen LogP contribution in [0.1, 0.15) is 200 Å². The zero-order valence-corrected chi connectivity index (χ0v) is 31.9. The SMILES string of the molecule is CCCCCCCCCCCCCCCCCCCCCCCC(=O)OC(COCCCCCCCCC)COP(=O)(O)OCCN. The predicted octanol–water partition coefficient (Wildman–Crippen LogP) is 11.4. The van der Waals surface area contributed by atoms with Gasteiger partial charge in [-0.25, -0.2) is 4.57 Å². The molecule has 0 rings (SSSR count). The van der Waals surface area contributed by atoms with Gasteiger partial charge in [0.1, 0.15) is 6.10 Å². The third-order valence-corrected chi connectivity index (χ3v) is 9.76. The average molecular weight is 692 g/mol. The van der Waals surface area contributed by atoms with E-state index in [1.807, 2.05) is 0 Å². The zero-order valence-electron chi connectivity index (χ0n) is 31.0. The van der Waals surface area contributed by atoms with Crippen molar-refractivity contribution in [2.45, 2.75) is 206 Å². The van der Waals surface area contributed by atoms with Crippen molar-refractivity contribution in [3.63, 3.8) is 0 Å². The summed E-state index contributed by atoms with van der Waals surface area (Å²) >= 11 is 0. The van der Waals surface area contributed by atoms with Crippen LogP contribution in [0.5, 0.6) is 0 Å². The van der Waals surface area contributed by atoms with Crippen molar-refractivity contribution < 1.29 is 32.8 Å². The number of nitrogens with two attached hydrogens (primary N) is 1. The Morgan fingerprint density at radius 3 is 1.34 bits per heavy atom. The van der Waals surface area contributed by atoms with Gasteiger partial charge < -0.3 is 20.1 Å². The molecule has 282 valence electrons. The van der Waals surface area contributed by atoms with E-state index in [1.165, 1.54) is 148 Å². The van der Waals surface area contributed by atoms with E-state index in [4.69, 9.17) is 24.3 Å². The van der Waals surface area contributed by atoms with Crippen molar-refractivity contribution in [2.75, 3.05) is 33.0 Å². The fourth-order valence-electron chi connectivity index (χ4n) is 5.82. The smallest absolute Gasteiger partial charge is 0.457 e.